The smallest absolute Gasteiger partial charge is 0.381 e. The third kappa shape index (κ3) is 2.20. The molecule has 0 aliphatic heterocycles. The van der Waals surface area contributed by atoms with Crippen LogP contribution in [-0.2, 0) is 6.18 Å². The van der Waals surface area contributed by atoms with Crippen molar-refractivity contribution in [2.75, 3.05) is 0 Å². The molecule has 2 heterocycles. The van der Waals surface area contributed by atoms with Crippen LogP contribution in [0.15, 0.2) is 11.6 Å². The minimum Gasteiger partial charge on any atom is -0.381 e. The van der Waals surface area contributed by atoms with Gasteiger partial charge in [0.2, 0.25) is 0 Å². The number of aliphatic hydroxyl groups is 1. The van der Waals surface area contributed by atoms with Gasteiger partial charge in [-0.25, -0.2) is 4.98 Å². The largest absolute Gasteiger partial charge is 0.443 e. The van der Waals surface area contributed by atoms with Crippen LogP contribution in [0.25, 0.3) is 0 Å². The number of hydrogen-bond donors (Lipinski definition) is 1. The lowest BCUT2D eigenvalue weighted by Crippen LogP contribution is -2.03. The molecule has 0 saturated carbocycles. The molecule has 86 valence electrons. The van der Waals surface area contributed by atoms with Crippen LogP contribution < -0.4 is 0 Å². The second-order valence-corrected chi connectivity index (χ2v) is 4.47. The highest BCUT2D eigenvalue weighted by Crippen LogP contribution is 2.35. The quantitative estimate of drug-likeness (QED) is 0.905. The number of alkyl halides is 3. The molecule has 4 nitrogen and oxygen atoms in total. The fourth-order valence-electron chi connectivity index (χ4n) is 0.981. The van der Waals surface area contributed by atoms with E-state index in [1.54, 1.807) is 0 Å². The highest BCUT2D eigenvalue weighted by atomic mass is 32.1. The Bertz CT molecular complexity index is 467. The van der Waals surface area contributed by atoms with Gasteiger partial charge in [-0.1, -0.05) is 4.49 Å². The Morgan fingerprint density at radius 1 is 1.38 bits per heavy atom. The fourth-order valence-corrected chi connectivity index (χ4v) is 2.24. The van der Waals surface area contributed by atoms with E-state index in [4.69, 9.17) is 0 Å². The van der Waals surface area contributed by atoms with Gasteiger partial charge in [0.05, 0.1) is 4.88 Å². The van der Waals surface area contributed by atoms with Crippen LogP contribution in [0.1, 0.15) is 21.7 Å². The Morgan fingerprint density at radius 2 is 2.12 bits per heavy atom. The van der Waals surface area contributed by atoms with E-state index in [1.165, 1.54) is 5.38 Å². The molecule has 0 aliphatic rings. The second kappa shape index (κ2) is 4.07. The molecule has 0 fully saturated rings. The van der Waals surface area contributed by atoms with Crippen LogP contribution in [0.4, 0.5) is 13.2 Å². The van der Waals surface area contributed by atoms with Crippen molar-refractivity contribution < 1.29 is 18.3 Å². The summed E-state index contributed by atoms with van der Waals surface area (Å²) in [7, 11) is 0. The molecule has 0 amide bonds. The molecule has 0 aromatic carbocycles. The fraction of sp³-hybridized carbons (Fsp3) is 0.286. The Kier molecular flexibility index (Phi) is 2.91. The zero-order chi connectivity index (χ0) is 11.8. The third-order valence-corrected chi connectivity index (χ3v) is 3.31. The molecular weight excluding hydrogens is 263 g/mol. The van der Waals surface area contributed by atoms with E-state index in [0.29, 0.717) is 11.3 Å². The number of nitrogens with zero attached hydrogens (tertiary/aromatic N) is 3. The van der Waals surface area contributed by atoms with Crippen LogP contribution in [0.2, 0.25) is 0 Å². The SMILES string of the molecule is OC(c1csnn1)c1cnc(C(F)(F)F)s1. The Morgan fingerprint density at radius 3 is 2.62 bits per heavy atom. The number of thiazole rings is 1. The Labute approximate surface area is 95.6 Å². The molecule has 2 rings (SSSR count). The van der Waals surface area contributed by atoms with E-state index in [1.807, 2.05) is 0 Å². The van der Waals surface area contributed by atoms with E-state index in [0.717, 1.165) is 17.7 Å². The van der Waals surface area contributed by atoms with Crippen molar-refractivity contribution >= 4 is 22.9 Å². The average Bonchev–Trinajstić information content (AvgIpc) is 2.87. The summed E-state index contributed by atoms with van der Waals surface area (Å²) >= 11 is 1.41. The molecule has 16 heavy (non-hydrogen) atoms. The third-order valence-electron chi connectivity index (χ3n) is 1.69. The summed E-state index contributed by atoms with van der Waals surface area (Å²) in [6.45, 7) is 0. The van der Waals surface area contributed by atoms with Crippen molar-refractivity contribution in [3.05, 3.63) is 27.2 Å². The standard InChI is InChI=1S/C7H4F3N3OS2/c8-7(9,10)6-11-1-4(16-6)5(14)3-2-15-13-12-3/h1-2,5,14H. The van der Waals surface area contributed by atoms with Gasteiger partial charge in [-0.05, 0) is 11.5 Å². The lowest BCUT2D eigenvalue weighted by atomic mass is 10.2. The first kappa shape index (κ1) is 11.4. The minimum absolute atomic E-state index is 0.0972. The normalized spacial score (nSPS) is 14.0. The van der Waals surface area contributed by atoms with Gasteiger partial charge in [-0.15, -0.1) is 16.4 Å². The maximum atomic E-state index is 12.2. The van der Waals surface area contributed by atoms with Crippen molar-refractivity contribution in [1.82, 2.24) is 14.6 Å². The molecule has 1 unspecified atom stereocenters. The molecule has 0 spiro atoms. The predicted octanol–water partition coefficient (Wildman–Crippen LogP) is 2.10. The van der Waals surface area contributed by atoms with Gasteiger partial charge < -0.3 is 5.11 Å². The minimum atomic E-state index is -4.48. The van der Waals surface area contributed by atoms with Crippen LogP contribution in [0.3, 0.4) is 0 Å². The van der Waals surface area contributed by atoms with Gasteiger partial charge in [0.25, 0.3) is 0 Å². The summed E-state index contributed by atoms with van der Waals surface area (Å²) in [6, 6.07) is 0. The van der Waals surface area contributed by atoms with Gasteiger partial charge in [-0.2, -0.15) is 13.2 Å². The van der Waals surface area contributed by atoms with Crippen LogP contribution in [-0.4, -0.2) is 19.7 Å². The van der Waals surface area contributed by atoms with Crippen molar-refractivity contribution in [3.63, 3.8) is 0 Å². The Hall–Kier alpha value is -1.06. The molecule has 0 radical (unpaired) electrons. The number of aromatic nitrogens is 3. The molecule has 1 atom stereocenters. The molecule has 1 N–H and O–H groups in total. The van der Waals surface area contributed by atoms with E-state index >= 15 is 0 Å². The Balaban J connectivity index is 2.26. The van der Waals surface area contributed by atoms with E-state index < -0.39 is 17.3 Å². The summed E-state index contributed by atoms with van der Waals surface area (Å²) < 4.78 is 40.3. The summed E-state index contributed by atoms with van der Waals surface area (Å²) in [5.74, 6) is 0. The second-order valence-electron chi connectivity index (χ2n) is 2.80. The van der Waals surface area contributed by atoms with Gasteiger partial charge in [0, 0.05) is 11.6 Å². The topological polar surface area (TPSA) is 58.9 Å². The summed E-state index contributed by atoms with van der Waals surface area (Å²) in [4.78, 5) is 3.30. The first-order valence-electron chi connectivity index (χ1n) is 3.96. The lowest BCUT2D eigenvalue weighted by Gasteiger charge is -2.02. The van der Waals surface area contributed by atoms with E-state index in [-0.39, 0.29) is 10.6 Å². The van der Waals surface area contributed by atoms with Crippen molar-refractivity contribution in [3.8, 4) is 0 Å². The maximum absolute atomic E-state index is 12.2. The highest BCUT2D eigenvalue weighted by Gasteiger charge is 2.35. The van der Waals surface area contributed by atoms with Crippen molar-refractivity contribution in [2.45, 2.75) is 12.3 Å². The number of aliphatic hydroxyl groups excluding tert-OH is 1. The molecule has 2 aromatic rings. The summed E-state index contributed by atoms with van der Waals surface area (Å²) in [5.41, 5.74) is 0.224. The zero-order valence-corrected chi connectivity index (χ0v) is 9.10. The molecule has 0 bridgehead atoms. The highest BCUT2D eigenvalue weighted by molar-refractivity contribution is 7.11. The first-order valence-corrected chi connectivity index (χ1v) is 5.61. The lowest BCUT2D eigenvalue weighted by molar-refractivity contribution is -0.137. The molecule has 0 aliphatic carbocycles. The molecule has 9 heteroatoms. The van der Waals surface area contributed by atoms with Gasteiger partial charge in [0.15, 0.2) is 5.01 Å². The summed E-state index contributed by atoms with van der Waals surface area (Å²) in [6.07, 6.45) is -4.69. The number of hydrogen-bond acceptors (Lipinski definition) is 6. The zero-order valence-electron chi connectivity index (χ0n) is 7.47. The first-order chi connectivity index (χ1) is 7.48. The van der Waals surface area contributed by atoms with Gasteiger partial charge >= 0.3 is 6.18 Å². The van der Waals surface area contributed by atoms with Gasteiger partial charge in [0.1, 0.15) is 11.8 Å². The molecule has 2 aromatic heterocycles. The number of rotatable bonds is 2. The van der Waals surface area contributed by atoms with E-state index in [2.05, 4.69) is 14.6 Å². The van der Waals surface area contributed by atoms with Crippen LogP contribution in [0, 0.1) is 0 Å². The van der Waals surface area contributed by atoms with Crippen LogP contribution >= 0.6 is 22.9 Å². The van der Waals surface area contributed by atoms with Crippen LogP contribution in [0.5, 0.6) is 0 Å². The van der Waals surface area contributed by atoms with Gasteiger partial charge in [-0.3, -0.25) is 0 Å². The monoisotopic (exact) mass is 267 g/mol. The maximum Gasteiger partial charge on any atom is 0.443 e. The average molecular weight is 267 g/mol. The molecule has 0 saturated heterocycles. The predicted molar refractivity (Wildman–Crippen MR) is 51.1 cm³/mol. The van der Waals surface area contributed by atoms with E-state index in [9.17, 15) is 18.3 Å². The van der Waals surface area contributed by atoms with Crippen molar-refractivity contribution in [1.29, 1.82) is 0 Å². The van der Waals surface area contributed by atoms with Crippen molar-refractivity contribution in [2.24, 2.45) is 0 Å². The molecular formula is C7H4F3N3OS2. The number of halogens is 3. The summed E-state index contributed by atoms with van der Waals surface area (Å²) in [5, 5.41) is 13.7.